The Bertz CT molecular complexity index is 455. The number of rotatable bonds is 4. The summed E-state index contributed by atoms with van der Waals surface area (Å²) < 4.78 is 4.74. The number of methoxy groups -OCH3 is 1. The molecule has 0 saturated heterocycles. The van der Waals surface area contributed by atoms with Gasteiger partial charge in [0.05, 0.1) is 7.11 Å². The van der Waals surface area contributed by atoms with E-state index in [4.69, 9.17) is 11.2 Å². The lowest BCUT2D eigenvalue weighted by Crippen LogP contribution is -2.56. The summed E-state index contributed by atoms with van der Waals surface area (Å²) in [5, 5.41) is 2.87. The molecule has 0 heterocycles. The van der Waals surface area contributed by atoms with Gasteiger partial charge in [-0.3, -0.25) is 4.79 Å². The minimum absolute atomic E-state index is 0.0206. The number of carbonyl (C=O) groups is 2. The zero-order valence-corrected chi connectivity index (χ0v) is 12.6. The number of esters is 1. The molecule has 4 fully saturated rings. The lowest BCUT2D eigenvalue weighted by Gasteiger charge is -2.55. The molecule has 0 aromatic rings. The van der Waals surface area contributed by atoms with E-state index in [1.165, 1.54) is 26.4 Å². The smallest absolute Gasteiger partial charge is 0.329 e. The van der Waals surface area contributed by atoms with Crippen LogP contribution in [-0.4, -0.2) is 25.0 Å². The molecule has 0 spiro atoms. The minimum Gasteiger partial charge on any atom is -0.467 e. The highest BCUT2D eigenvalue weighted by molar-refractivity contribution is 5.88. The van der Waals surface area contributed by atoms with Gasteiger partial charge in [0.2, 0.25) is 5.91 Å². The van der Waals surface area contributed by atoms with Crippen LogP contribution in [0.15, 0.2) is 0 Å². The Balaban J connectivity index is 1.72. The van der Waals surface area contributed by atoms with Gasteiger partial charge in [-0.25, -0.2) is 4.79 Å². The summed E-state index contributed by atoms with van der Waals surface area (Å²) in [4.78, 5) is 24.5. The van der Waals surface area contributed by atoms with Gasteiger partial charge in [-0.2, -0.15) is 0 Å². The molecule has 21 heavy (non-hydrogen) atoms. The Morgan fingerprint density at radius 2 is 1.76 bits per heavy atom. The third-order valence-electron chi connectivity index (χ3n) is 5.63. The molecule has 0 radical (unpaired) electrons. The number of carbonyl (C=O) groups excluding carboxylic acids is 2. The number of hydrogen-bond donors (Lipinski definition) is 1. The van der Waals surface area contributed by atoms with Crippen molar-refractivity contribution in [1.82, 2.24) is 5.32 Å². The molecule has 1 N–H and O–H groups in total. The molecule has 4 bridgehead atoms. The molecule has 0 aliphatic heterocycles. The highest BCUT2D eigenvalue weighted by Gasteiger charge is 2.54. The molecular weight excluding hydrogens is 266 g/mol. The second kappa shape index (κ2) is 5.36. The fourth-order valence-corrected chi connectivity index (χ4v) is 5.15. The maximum atomic E-state index is 12.8. The van der Waals surface area contributed by atoms with E-state index in [0.717, 1.165) is 19.3 Å². The first-order valence-electron chi connectivity index (χ1n) is 7.88. The van der Waals surface area contributed by atoms with E-state index in [-0.39, 0.29) is 17.7 Å². The average Bonchev–Trinajstić information content (AvgIpc) is 2.44. The van der Waals surface area contributed by atoms with Crippen molar-refractivity contribution in [3.8, 4) is 12.3 Å². The van der Waals surface area contributed by atoms with Crippen molar-refractivity contribution in [2.75, 3.05) is 7.11 Å². The Morgan fingerprint density at radius 3 is 2.19 bits per heavy atom. The van der Waals surface area contributed by atoms with Crippen molar-refractivity contribution in [1.29, 1.82) is 0 Å². The van der Waals surface area contributed by atoms with Gasteiger partial charge in [-0.05, 0) is 56.3 Å². The molecular formula is C17H23NO3. The molecule has 4 rings (SSSR count). The number of terminal acetylenes is 1. The van der Waals surface area contributed by atoms with Crippen molar-refractivity contribution in [2.24, 2.45) is 23.2 Å². The predicted octanol–water partition coefficient (Wildman–Crippen LogP) is 1.88. The number of nitrogens with one attached hydrogen (secondary N) is 1. The van der Waals surface area contributed by atoms with E-state index in [9.17, 15) is 9.59 Å². The van der Waals surface area contributed by atoms with E-state index in [0.29, 0.717) is 17.8 Å². The second-order valence-electron chi connectivity index (χ2n) is 7.16. The third-order valence-corrected chi connectivity index (χ3v) is 5.63. The van der Waals surface area contributed by atoms with Crippen LogP contribution >= 0.6 is 0 Å². The summed E-state index contributed by atoms with van der Waals surface area (Å²) in [7, 11) is 1.32. The van der Waals surface area contributed by atoms with Crippen molar-refractivity contribution in [2.45, 2.75) is 51.0 Å². The van der Waals surface area contributed by atoms with Crippen LogP contribution in [-0.2, 0) is 14.3 Å². The lowest BCUT2D eigenvalue weighted by molar-refractivity contribution is -0.152. The second-order valence-corrected chi connectivity index (χ2v) is 7.16. The van der Waals surface area contributed by atoms with Crippen molar-refractivity contribution >= 4 is 11.9 Å². The van der Waals surface area contributed by atoms with E-state index >= 15 is 0 Å². The Hall–Kier alpha value is -1.50. The third kappa shape index (κ3) is 2.54. The molecule has 1 amide bonds. The highest BCUT2D eigenvalue weighted by atomic mass is 16.5. The van der Waals surface area contributed by atoms with E-state index in [1.807, 2.05) is 0 Å². The van der Waals surface area contributed by atoms with Crippen LogP contribution in [0.1, 0.15) is 44.9 Å². The minimum atomic E-state index is -0.708. The van der Waals surface area contributed by atoms with Crippen LogP contribution in [0.25, 0.3) is 0 Å². The van der Waals surface area contributed by atoms with Gasteiger partial charge in [0.1, 0.15) is 6.04 Å². The van der Waals surface area contributed by atoms with Crippen LogP contribution in [0.4, 0.5) is 0 Å². The van der Waals surface area contributed by atoms with Crippen LogP contribution in [0.5, 0.6) is 0 Å². The quantitative estimate of drug-likeness (QED) is 0.635. The van der Waals surface area contributed by atoms with Gasteiger partial charge in [0.15, 0.2) is 0 Å². The lowest BCUT2D eigenvalue weighted by atomic mass is 9.49. The topological polar surface area (TPSA) is 55.4 Å². The zero-order chi connectivity index (χ0) is 15.0. The van der Waals surface area contributed by atoms with E-state index in [1.54, 1.807) is 0 Å². The monoisotopic (exact) mass is 289 g/mol. The van der Waals surface area contributed by atoms with Crippen LogP contribution in [0.2, 0.25) is 0 Å². The van der Waals surface area contributed by atoms with Gasteiger partial charge >= 0.3 is 5.97 Å². The molecule has 0 unspecified atom stereocenters. The summed E-state index contributed by atoms with van der Waals surface area (Å²) in [6, 6.07) is -0.708. The van der Waals surface area contributed by atoms with Crippen molar-refractivity contribution < 1.29 is 14.3 Å². The fraction of sp³-hybridized carbons (Fsp3) is 0.765. The first-order valence-corrected chi connectivity index (χ1v) is 7.88. The number of ether oxygens (including phenoxy) is 1. The summed E-state index contributed by atoms with van der Waals surface area (Å²) in [6.07, 6.45) is 12.3. The molecule has 4 saturated carbocycles. The van der Waals surface area contributed by atoms with E-state index in [2.05, 4.69) is 11.2 Å². The Labute approximate surface area is 126 Å². The Kier molecular flexibility index (Phi) is 3.69. The average molecular weight is 289 g/mol. The standard InChI is InChI=1S/C17H23NO3/c1-3-4-14(15(19)21-2)18-16(20)17-8-11-5-12(9-17)7-13(6-11)10-17/h1,11-14H,4-10H2,2H3,(H,18,20)/t11?,12?,13?,14-,17?/m0/s1. The molecule has 0 aromatic heterocycles. The van der Waals surface area contributed by atoms with Gasteiger partial charge in [0.25, 0.3) is 0 Å². The zero-order valence-electron chi connectivity index (χ0n) is 12.6. The Morgan fingerprint density at radius 1 is 1.24 bits per heavy atom. The SMILES string of the molecule is C#CC[C@H](NC(=O)C12CC3CC(CC(C3)C1)C2)C(=O)OC. The number of amides is 1. The van der Waals surface area contributed by atoms with Gasteiger partial charge in [-0.1, -0.05) is 0 Å². The molecule has 4 aliphatic rings. The fourth-order valence-electron chi connectivity index (χ4n) is 5.15. The number of hydrogen-bond acceptors (Lipinski definition) is 3. The first kappa shape index (κ1) is 14.4. The maximum Gasteiger partial charge on any atom is 0.329 e. The predicted molar refractivity (Wildman–Crippen MR) is 78.0 cm³/mol. The van der Waals surface area contributed by atoms with E-state index < -0.39 is 12.0 Å². The molecule has 114 valence electrons. The molecule has 0 aromatic carbocycles. The summed E-state index contributed by atoms with van der Waals surface area (Å²) in [5.41, 5.74) is -0.254. The molecule has 4 nitrogen and oxygen atoms in total. The van der Waals surface area contributed by atoms with Gasteiger partial charge in [0, 0.05) is 11.8 Å². The summed E-state index contributed by atoms with van der Waals surface area (Å²) >= 11 is 0. The summed E-state index contributed by atoms with van der Waals surface area (Å²) in [5.74, 6) is 4.12. The van der Waals surface area contributed by atoms with Crippen LogP contribution in [0, 0.1) is 35.5 Å². The highest BCUT2D eigenvalue weighted by Crippen LogP contribution is 2.60. The van der Waals surface area contributed by atoms with Crippen LogP contribution < -0.4 is 5.32 Å². The normalized spacial score (nSPS) is 37.6. The largest absolute Gasteiger partial charge is 0.467 e. The summed E-state index contributed by atoms with van der Waals surface area (Å²) in [6.45, 7) is 0. The molecule has 4 heteroatoms. The maximum absolute atomic E-state index is 12.8. The van der Waals surface area contributed by atoms with Gasteiger partial charge in [-0.15, -0.1) is 12.3 Å². The van der Waals surface area contributed by atoms with Crippen molar-refractivity contribution in [3.63, 3.8) is 0 Å². The molecule has 4 aliphatic carbocycles. The van der Waals surface area contributed by atoms with Crippen LogP contribution in [0.3, 0.4) is 0 Å². The molecule has 1 atom stereocenters. The first-order chi connectivity index (χ1) is 10.1. The van der Waals surface area contributed by atoms with Gasteiger partial charge < -0.3 is 10.1 Å². The van der Waals surface area contributed by atoms with Crippen molar-refractivity contribution in [3.05, 3.63) is 0 Å².